The Morgan fingerprint density at radius 1 is 1.30 bits per heavy atom. The zero-order chi connectivity index (χ0) is 17.7. The molecule has 1 rings (SSSR count). The van der Waals surface area contributed by atoms with Crippen LogP contribution in [0.4, 0.5) is 4.79 Å². The highest BCUT2D eigenvalue weighted by Gasteiger charge is 2.30. The highest BCUT2D eigenvalue weighted by molar-refractivity contribution is 5.69. The minimum absolute atomic E-state index is 0.295. The monoisotopic (exact) mass is 325 g/mol. The van der Waals surface area contributed by atoms with Gasteiger partial charge in [0.15, 0.2) is 0 Å². The zero-order valence-electron chi connectivity index (χ0n) is 15.5. The molecular weight excluding hydrogens is 294 g/mol. The summed E-state index contributed by atoms with van der Waals surface area (Å²) in [6.07, 6.45) is 2.29. The summed E-state index contributed by atoms with van der Waals surface area (Å²) in [7, 11) is 0. The van der Waals surface area contributed by atoms with E-state index in [1.807, 2.05) is 48.5 Å². The van der Waals surface area contributed by atoms with Crippen LogP contribution in [0, 0.1) is 0 Å². The normalized spacial score (nSPS) is 12.3. The van der Waals surface area contributed by atoms with Crippen molar-refractivity contribution >= 4 is 6.09 Å². The molecule has 0 radical (unpaired) electrons. The molecule has 132 valence electrons. The molecule has 0 aliphatic heterocycles. The molecule has 0 saturated carbocycles. The van der Waals surface area contributed by atoms with Gasteiger partial charge < -0.3 is 19.4 Å². The Bertz CT molecular complexity index is 498. The van der Waals surface area contributed by atoms with Gasteiger partial charge in [0.2, 0.25) is 5.89 Å². The molecule has 0 unspecified atom stereocenters. The fourth-order valence-corrected chi connectivity index (χ4v) is 2.00. The van der Waals surface area contributed by atoms with Crippen molar-refractivity contribution in [3.8, 4) is 0 Å². The second-order valence-corrected chi connectivity index (χ2v) is 7.55. The molecule has 0 aliphatic carbocycles. The number of aromatic nitrogens is 1. The van der Waals surface area contributed by atoms with Crippen LogP contribution < -0.4 is 5.32 Å². The highest BCUT2D eigenvalue weighted by atomic mass is 16.6. The van der Waals surface area contributed by atoms with Crippen molar-refractivity contribution in [2.45, 2.75) is 72.6 Å². The van der Waals surface area contributed by atoms with Crippen molar-refractivity contribution in [2.75, 3.05) is 13.1 Å². The Labute approximate surface area is 139 Å². The van der Waals surface area contributed by atoms with Gasteiger partial charge >= 0.3 is 6.09 Å². The molecule has 0 fully saturated rings. The molecule has 1 N–H and O–H groups in total. The Morgan fingerprint density at radius 3 is 2.43 bits per heavy atom. The van der Waals surface area contributed by atoms with E-state index in [9.17, 15) is 4.79 Å². The summed E-state index contributed by atoms with van der Waals surface area (Å²) in [6.45, 7) is 15.4. The van der Waals surface area contributed by atoms with E-state index in [4.69, 9.17) is 9.15 Å². The summed E-state index contributed by atoms with van der Waals surface area (Å²) in [5.74, 6) is 1.55. The van der Waals surface area contributed by atoms with Crippen LogP contribution in [0.25, 0.3) is 0 Å². The van der Waals surface area contributed by atoms with E-state index in [1.165, 1.54) is 0 Å². The predicted octanol–water partition coefficient (Wildman–Crippen LogP) is 3.36. The average Bonchev–Trinajstić information content (AvgIpc) is 2.82. The molecule has 23 heavy (non-hydrogen) atoms. The molecule has 6 heteroatoms. The summed E-state index contributed by atoms with van der Waals surface area (Å²) < 4.78 is 11.0. The van der Waals surface area contributed by atoms with Crippen LogP contribution in [0.15, 0.2) is 10.6 Å². The first kappa shape index (κ1) is 19.5. The van der Waals surface area contributed by atoms with Gasteiger partial charge in [0, 0.05) is 25.0 Å². The predicted molar refractivity (Wildman–Crippen MR) is 90.3 cm³/mol. The quantitative estimate of drug-likeness (QED) is 0.812. The first-order valence-electron chi connectivity index (χ1n) is 8.18. The SMILES string of the molecule is CCc1cnc(CNCCN(C(=O)OC(C)(C)C)C(C)(C)C)o1. The molecule has 0 atom stereocenters. The minimum Gasteiger partial charge on any atom is -0.444 e. The molecular formula is C17H31N3O3. The van der Waals surface area contributed by atoms with Gasteiger partial charge in [-0.1, -0.05) is 6.92 Å². The molecule has 0 bridgehead atoms. The van der Waals surface area contributed by atoms with Crippen molar-refractivity contribution in [3.05, 3.63) is 17.8 Å². The number of oxazole rings is 1. The van der Waals surface area contributed by atoms with Crippen molar-refractivity contribution in [2.24, 2.45) is 0 Å². The van der Waals surface area contributed by atoms with Crippen LogP contribution in [0.3, 0.4) is 0 Å². The first-order valence-corrected chi connectivity index (χ1v) is 8.18. The second-order valence-electron chi connectivity index (χ2n) is 7.55. The van der Waals surface area contributed by atoms with Gasteiger partial charge in [0.25, 0.3) is 0 Å². The number of nitrogens with one attached hydrogen (secondary N) is 1. The average molecular weight is 325 g/mol. The number of carbonyl (C=O) groups excluding carboxylic acids is 1. The van der Waals surface area contributed by atoms with Crippen molar-refractivity contribution < 1.29 is 13.9 Å². The lowest BCUT2D eigenvalue weighted by Gasteiger charge is -2.36. The number of amides is 1. The van der Waals surface area contributed by atoms with Crippen LogP contribution in [0.2, 0.25) is 0 Å². The van der Waals surface area contributed by atoms with Gasteiger partial charge in [-0.2, -0.15) is 0 Å². The number of hydrogen-bond acceptors (Lipinski definition) is 5. The number of rotatable bonds is 6. The van der Waals surface area contributed by atoms with Crippen LogP contribution in [-0.2, 0) is 17.7 Å². The molecule has 0 saturated heterocycles. The van der Waals surface area contributed by atoms with E-state index in [0.29, 0.717) is 25.5 Å². The summed E-state index contributed by atoms with van der Waals surface area (Å²) in [5, 5.41) is 3.25. The van der Waals surface area contributed by atoms with Crippen LogP contribution in [0.5, 0.6) is 0 Å². The smallest absolute Gasteiger partial charge is 0.410 e. The standard InChI is InChI=1S/C17H31N3O3/c1-8-13-11-19-14(22-13)12-18-9-10-20(16(2,3)4)15(21)23-17(5,6)7/h11,18H,8-10,12H2,1-7H3. The van der Waals surface area contributed by atoms with Gasteiger partial charge in [0.1, 0.15) is 11.4 Å². The number of aryl methyl sites for hydroxylation is 1. The Balaban J connectivity index is 2.50. The number of carbonyl (C=O) groups is 1. The maximum Gasteiger partial charge on any atom is 0.410 e. The minimum atomic E-state index is -0.497. The van der Waals surface area contributed by atoms with E-state index in [2.05, 4.69) is 10.3 Å². The Morgan fingerprint density at radius 2 is 1.96 bits per heavy atom. The molecule has 1 amide bonds. The lowest BCUT2D eigenvalue weighted by molar-refractivity contribution is 0.00661. The maximum absolute atomic E-state index is 12.4. The number of ether oxygens (including phenoxy) is 1. The summed E-state index contributed by atoms with van der Waals surface area (Å²) in [4.78, 5) is 18.3. The van der Waals surface area contributed by atoms with E-state index in [1.54, 1.807) is 11.1 Å². The number of nitrogens with zero attached hydrogens (tertiary/aromatic N) is 2. The van der Waals surface area contributed by atoms with Gasteiger partial charge in [-0.05, 0) is 41.5 Å². The largest absolute Gasteiger partial charge is 0.444 e. The van der Waals surface area contributed by atoms with Gasteiger partial charge in [0.05, 0.1) is 12.7 Å². The molecule has 1 aromatic heterocycles. The molecule has 1 aromatic rings. The van der Waals surface area contributed by atoms with E-state index in [-0.39, 0.29) is 11.6 Å². The summed E-state index contributed by atoms with van der Waals surface area (Å²) >= 11 is 0. The van der Waals surface area contributed by atoms with E-state index < -0.39 is 5.60 Å². The van der Waals surface area contributed by atoms with Crippen molar-refractivity contribution in [3.63, 3.8) is 0 Å². The molecule has 0 aliphatic rings. The second kappa shape index (κ2) is 7.81. The summed E-state index contributed by atoms with van der Waals surface area (Å²) in [6, 6.07) is 0. The third-order valence-electron chi connectivity index (χ3n) is 3.16. The molecule has 0 aromatic carbocycles. The molecule has 0 spiro atoms. The van der Waals surface area contributed by atoms with Crippen LogP contribution in [0.1, 0.15) is 60.1 Å². The van der Waals surface area contributed by atoms with E-state index in [0.717, 1.165) is 12.2 Å². The van der Waals surface area contributed by atoms with Gasteiger partial charge in [-0.3, -0.25) is 0 Å². The Hall–Kier alpha value is -1.56. The third kappa shape index (κ3) is 7.03. The van der Waals surface area contributed by atoms with Crippen molar-refractivity contribution in [1.29, 1.82) is 0 Å². The van der Waals surface area contributed by atoms with Gasteiger partial charge in [-0.25, -0.2) is 9.78 Å². The first-order chi connectivity index (χ1) is 10.5. The van der Waals surface area contributed by atoms with E-state index >= 15 is 0 Å². The Kier molecular flexibility index (Phi) is 6.62. The topological polar surface area (TPSA) is 67.6 Å². The fourth-order valence-electron chi connectivity index (χ4n) is 2.00. The van der Waals surface area contributed by atoms with Crippen LogP contribution in [-0.4, -0.2) is 40.2 Å². The highest BCUT2D eigenvalue weighted by Crippen LogP contribution is 2.18. The molecule has 1 heterocycles. The maximum atomic E-state index is 12.4. The summed E-state index contributed by atoms with van der Waals surface area (Å²) in [5.41, 5.74) is -0.801. The lowest BCUT2D eigenvalue weighted by atomic mass is 10.1. The van der Waals surface area contributed by atoms with Gasteiger partial charge in [-0.15, -0.1) is 0 Å². The third-order valence-corrected chi connectivity index (χ3v) is 3.16. The fraction of sp³-hybridized carbons (Fsp3) is 0.765. The molecule has 6 nitrogen and oxygen atoms in total. The lowest BCUT2D eigenvalue weighted by Crippen LogP contribution is -2.50. The zero-order valence-corrected chi connectivity index (χ0v) is 15.5. The number of hydrogen-bond donors (Lipinski definition) is 1. The van der Waals surface area contributed by atoms with Crippen molar-refractivity contribution in [1.82, 2.24) is 15.2 Å². The van der Waals surface area contributed by atoms with Crippen LogP contribution >= 0.6 is 0 Å².